The Morgan fingerprint density at radius 3 is 2.46 bits per heavy atom. The van der Waals surface area contributed by atoms with Gasteiger partial charge in [0, 0.05) is 6.04 Å². The Hall–Kier alpha value is -0.480. The van der Waals surface area contributed by atoms with Crippen molar-refractivity contribution in [1.29, 1.82) is 0 Å². The topological polar surface area (TPSA) is 12.0 Å². The summed E-state index contributed by atoms with van der Waals surface area (Å²) in [4.78, 5) is 0. The van der Waals surface area contributed by atoms with Gasteiger partial charge in [-0.15, -0.1) is 5.92 Å². The normalized spacial score (nSPS) is 11.9. The van der Waals surface area contributed by atoms with E-state index >= 15 is 0 Å². The minimum Gasteiger partial charge on any atom is -0.303 e. The molecule has 1 nitrogen and oxygen atoms in total. The molecule has 0 spiro atoms. The van der Waals surface area contributed by atoms with Crippen LogP contribution in [0.4, 0.5) is 0 Å². The van der Waals surface area contributed by atoms with Crippen LogP contribution in [0, 0.1) is 11.8 Å². The third-order valence-corrected chi connectivity index (χ3v) is 2.20. The fourth-order valence-corrected chi connectivity index (χ4v) is 1.43. The molecule has 0 bridgehead atoms. The quantitative estimate of drug-likeness (QED) is 0.595. The van der Waals surface area contributed by atoms with E-state index in [0.29, 0.717) is 6.04 Å². The molecule has 1 heteroatoms. The standard InChI is InChI=1S/C12H23N/c1-4-7-10-12(9-6-3)13-11-8-5-2/h12-13H,4,6-7,9-11H2,1-3H3. The number of nitrogens with one attached hydrogen (secondary N) is 1. The van der Waals surface area contributed by atoms with Gasteiger partial charge in [-0.3, -0.25) is 0 Å². The van der Waals surface area contributed by atoms with Crippen molar-refractivity contribution in [1.82, 2.24) is 5.32 Å². The first-order valence-corrected chi connectivity index (χ1v) is 5.48. The number of hydrogen-bond donors (Lipinski definition) is 1. The van der Waals surface area contributed by atoms with Crippen LogP contribution in [-0.4, -0.2) is 12.6 Å². The molecular weight excluding hydrogens is 158 g/mol. The predicted octanol–water partition coefficient (Wildman–Crippen LogP) is 2.96. The summed E-state index contributed by atoms with van der Waals surface area (Å²) in [6.07, 6.45) is 6.47. The van der Waals surface area contributed by atoms with Gasteiger partial charge in [0.25, 0.3) is 0 Å². The summed E-state index contributed by atoms with van der Waals surface area (Å²) in [5, 5.41) is 3.48. The van der Waals surface area contributed by atoms with E-state index < -0.39 is 0 Å². The van der Waals surface area contributed by atoms with E-state index in [-0.39, 0.29) is 0 Å². The zero-order valence-corrected chi connectivity index (χ0v) is 9.32. The molecular formula is C12H23N. The van der Waals surface area contributed by atoms with Crippen LogP contribution in [0.1, 0.15) is 52.9 Å². The summed E-state index contributed by atoms with van der Waals surface area (Å²) in [6.45, 7) is 7.23. The second-order valence-electron chi connectivity index (χ2n) is 3.44. The van der Waals surface area contributed by atoms with Crippen LogP contribution >= 0.6 is 0 Å². The highest BCUT2D eigenvalue weighted by atomic mass is 14.9. The summed E-state index contributed by atoms with van der Waals surface area (Å²) >= 11 is 0. The lowest BCUT2D eigenvalue weighted by Crippen LogP contribution is -2.29. The van der Waals surface area contributed by atoms with Gasteiger partial charge in [-0.1, -0.05) is 39.0 Å². The average Bonchev–Trinajstić information content (AvgIpc) is 2.14. The molecule has 0 aromatic rings. The maximum atomic E-state index is 3.48. The van der Waals surface area contributed by atoms with E-state index in [0.717, 1.165) is 6.54 Å². The highest BCUT2D eigenvalue weighted by molar-refractivity contribution is 4.97. The zero-order valence-electron chi connectivity index (χ0n) is 9.32. The van der Waals surface area contributed by atoms with Crippen LogP contribution in [0.2, 0.25) is 0 Å². The van der Waals surface area contributed by atoms with Crippen LogP contribution in [0.25, 0.3) is 0 Å². The molecule has 13 heavy (non-hydrogen) atoms. The van der Waals surface area contributed by atoms with Gasteiger partial charge >= 0.3 is 0 Å². The molecule has 0 radical (unpaired) electrons. The molecule has 0 saturated carbocycles. The van der Waals surface area contributed by atoms with Crippen molar-refractivity contribution >= 4 is 0 Å². The van der Waals surface area contributed by atoms with Crippen LogP contribution in [0.3, 0.4) is 0 Å². The summed E-state index contributed by atoms with van der Waals surface area (Å²) in [6, 6.07) is 0.686. The summed E-state index contributed by atoms with van der Waals surface area (Å²) in [5.74, 6) is 5.96. The van der Waals surface area contributed by atoms with Crippen molar-refractivity contribution in [2.75, 3.05) is 6.54 Å². The van der Waals surface area contributed by atoms with E-state index in [9.17, 15) is 0 Å². The van der Waals surface area contributed by atoms with Gasteiger partial charge in [-0.05, 0) is 19.8 Å². The third kappa shape index (κ3) is 7.87. The number of rotatable bonds is 7. The molecule has 0 fully saturated rings. The third-order valence-electron chi connectivity index (χ3n) is 2.20. The van der Waals surface area contributed by atoms with Crippen molar-refractivity contribution in [3.05, 3.63) is 0 Å². The SMILES string of the molecule is CC#CCNC(CCC)CCCC. The van der Waals surface area contributed by atoms with Crippen LogP contribution in [0.5, 0.6) is 0 Å². The largest absolute Gasteiger partial charge is 0.303 e. The van der Waals surface area contributed by atoms with Crippen molar-refractivity contribution in [2.24, 2.45) is 0 Å². The van der Waals surface area contributed by atoms with Gasteiger partial charge in [0.05, 0.1) is 6.54 Å². The molecule has 0 aliphatic carbocycles. The molecule has 1 atom stereocenters. The highest BCUT2D eigenvalue weighted by Crippen LogP contribution is 2.05. The molecule has 0 aromatic carbocycles. The monoisotopic (exact) mass is 181 g/mol. The Kier molecular flexibility index (Phi) is 9.25. The number of hydrogen-bond acceptors (Lipinski definition) is 1. The highest BCUT2D eigenvalue weighted by Gasteiger charge is 2.04. The fraction of sp³-hybridized carbons (Fsp3) is 0.833. The van der Waals surface area contributed by atoms with Crippen molar-refractivity contribution in [3.63, 3.8) is 0 Å². The molecule has 1 N–H and O–H groups in total. The van der Waals surface area contributed by atoms with Crippen molar-refractivity contribution in [3.8, 4) is 11.8 Å². The molecule has 1 unspecified atom stereocenters. The zero-order chi connectivity index (χ0) is 9.94. The van der Waals surface area contributed by atoms with E-state index in [1.54, 1.807) is 0 Å². The molecule has 0 aromatic heterocycles. The first-order chi connectivity index (χ1) is 6.35. The first kappa shape index (κ1) is 12.5. The smallest absolute Gasteiger partial charge is 0.0578 e. The summed E-state index contributed by atoms with van der Waals surface area (Å²) < 4.78 is 0. The molecule has 76 valence electrons. The predicted molar refractivity (Wildman–Crippen MR) is 59.7 cm³/mol. The van der Waals surface area contributed by atoms with Gasteiger partial charge in [0.1, 0.15) is 0 Å². The second-order valence-corrected chi connectivity index (χ2v) is 3.44. The molecule has 0 aliphatic heterocycles. The van der Waals surface area contributed by atoms with E-state index in [1.165, 1.54) is 32.1 Å². The Labute approximate surface area is 83.3 Å². The molecule has 0 rings (SSSR count). The van der Waals surface area contributed by atoms with Crippen molar-refractivity contribution in [2.45, 2.75) is 58.9 Å². The fourth-order valence-electron chi connectivity index (χ4n) is 1.43. The van der Waals surface area contributed by atoms with Crippen LogP contribution in [-0.2, 0) is 0 Å². The Morgan fingerprint density at radius 1 is 1.15 bits per heavy atom. The Morgan fingerprint density at radius 2 is 1.92 bits per heavy atom. The lowest BCUT2D eigenvalue weighted by Gasteiger charge is -2.15. The van der Waals surface area contributed by atoms with Crippen molar-refractivity contribution < 1.29 is 0 Å². The Bertz CT molecular complexity index is 152. The van der Waals surface area contributed by atoms with Gasteiger partial charge in [0.15, 0.2) is 0 Å². The van der Waals surface area contributed by atoms with Gasteiger partial charge in [-0.2, -0.15) is 0 Å². The van der Waals surface area contributed by atoms with Gasteiger partial charge in [-0.25, -0.2) is 0 Å². The van der Waals surface area contributed by atoms with Crippen LogP contribution in [0.15, 0.2) is 0 Å². The minimum absolute atomic E-state index is 0.686. The van der Waals surface area contributed by atoms with Gasteiger partial charge < -0.3 is 5.32 Å². The van der Waals surface area contributed by atoms with Crippen LogP contribution < -0.4 is 5.32 Å². The van der Waals surface area contributed by atoms with E-state index in [4.69, 9.17) is 0 Å². The first-order valence-electron chi connectivity index (χ1n) is 5.48. The maximum absolute atomic E-state index is 3.48. The lowest BCUT2D eigenvalue weighted by molar-refractivity contribution is 0.455. The Balaban J connectivity index is 3.57. The summed E-state index contributed by atoms with van der Waals surface area (Å²) in [5.41, 5.74) is 0. The van der Waals surface area contributed by atoms with Gasteiger partial charge in [0.2, 0.25) is 0 Å². The second kappa shape index (κ2) is 9.61. The average molecular weight is 181 g/mol. The molecule has 0 aliphatic rings. The lowest BCUT2D eigenvalue weighted by atomic mass is 10.1. The molecule has 0 heterocycles. The van der Waals surface area contributed by atoms with E-state index in [1.807, 2.05) is 6.92 Å². The number of unbranched alkanes of at least 4 members (excludes halogenated alkanes) is 1. The molecule has 0 saturated heterocycles. The summed E-state index contributed by atoms with van der Waals surface area (Å²) in [7, 11) is 0. The van der Waals surface area contributed by atoms with E-state index in [2.05, 4.69) is 31.0 Å². The minimum atomic E-state index is 0.686. The maximum Gasteiger partial charge on any atom is 0.0578 e. The molecule has 0 amide bonds.